The van der Waals surface area contributed by atoms with Gasteiger partial charge in [0, 0.05) is 31.4 Å². The van der Waals surface area contributed by atoms with Crippen LogP contribution in [0.5, 0.6) is 0 Å². The summed E-state index contributed by atoms with van der Waals surface area (Å²) in [7, 11) is 0. The van der Waals surface area contributed by atoms with Crippen LogP contribution in [0, 0.1) is 0 Å². The van der Waals surface area contributed by atoms with Crippen LogP contribution < -0.4 is 4.90 Å². The van der Waals surface area contributed by atoms with Crippen LogP contribution in [-0.2, 0) is 6.54 Å². The molecule has 0 spiro atoms. The van der Waals surface area contributed by atoms with Gasteiger partial charge in [0.2, 0.25) is 0 Å². The Labute approximate surface area is 106 Å². The Balaban J connectivity index is 2.13. The maximum atomic E-state index is 5.82. The van der Waals surface area contributed by atoms with E-state index >= 15 is 0 Å². The highest BCUT2D eigenvalue weighted by Crippen LogP contribution is 2.12. The number of alkyl halides is 1. The highest BCUT2D eigenvalue weighted by Gasteiger charge is 2.07. The third-order valence-electron chi connectivity index (χ3n) is 2.44. The molecule has 0 radical (unpaired) electrons. The van der Waals surface area contributed by atoms with E-state index in [2.05, 4.69) is 27.0 Å². The molecule has 0 aliphatic carbocycles. The lowest BCUT2D eigenvalue weighted by atomic mass is 10.2. The summed E-state index contributed by atoms with van der Waals surface area (Å²) in [4.78, 5) is 10.5. The molecule has 0 aliphatic rings. The van der Waals surface area contributed by atoms with E-state index in [1.807, 2.05) is 18.2 Å². The lowest BCUT2D eigenvalue weighted by Gasteiger charge is -2.22. The Kier molecular flexibility index (Phi) is 4.33. The van der Waals surface area contributed by atoms with Crippen LogP contribution in [0.3, 0.4) is 0 Å². The zero-order valence-electron chi connectivity index (χ0n) is 9.46. The van der Waals surface area contributed by atoms with E-state index in [-0.39, 0.29) is 0 Å². The van der Waals surface area contributed by atoms with E-state index in [9.17, 15) is 0 Å². The van der Waals surface area contributed by atoms with Crippen LogP contribution >= 0.6 is 11.6 Å². The fraction of sp³-hybridized carbons (Fsp3) is 0.231. The van der Waals surface area contributed by atoms with Crippen molar-refractivity contribution in [2.45, 2.75) is 6.54 Å². The second kappa shape index (κ2) is 6.21. The highest BCUT2D eigenvalue weighted by molar-refractivity contribution is 6.18. The third-order valence-corrected chi connectivity index (χ3v) is 2.61. The molecule has 4 heteroatoms. The first-order valence-electron chi connectivity index (χ1n) is 5.51. The van der Waals surface area contributed by atoms with Gasteiger partial charge >= 0.3 is 0 Å². The van der Waals surface area contributed by atoms with Gasteiger partial charge in [-0.05, 0) is 5.56 Å². The monoisotopic (exact) mass is 247 g/mol. The number of nitrogens with zero attached hydrogens (tertiary/aromatic N) is 3. The van der Waals surface area contributed by atoms with Gasteiger partial charge in [0.05, 0.1) is 6.20 Å². The van der Waals surface area contributed by atoms with Crippen molar-refractivity contribution >= 4 is 17.4 Å². The molecule has 1 aromatic heterocycles. The first-order chi connectivity index (χ1) is 8.40. The van der Waals surface area contributed by atoms with E-state index in [1.165, 1.54) is 5.56 Å². The fourth-order valence-corrected chi connectivity index (χ4v) is 1.84. The minimum absolute atomic E-state index is 0.573. The molecule has 0 aliphatic heterocycles. The second-order valence-electron chi connectivity index (χ2n) is 3.66. The van der Waals surface area contributed by atoms with Crippen LogP contribution in [0.15, 0.2) is 48.9 Å². The zero-order valence-corrected chi connectivity index (χ0v) is 10.2. The molecule has 2 rings (SSSR count). The van der Waals surface area contributed by atoms with Crippen LogP contribution in [0.2, 0.25) is 0 Å². The smallest absolute Gasteiger partial charge is 0.147 e. The predicted molar refractivity (Wildman–Crippen MR) is 70.2 cm³/mol. The minimum atomic E-state index is 0.573. The summed E-state index contributed by atoms with van der Waals surface area (Å²) in [5.41, 5.74) is 1.24. The summed E-state index contributed by atoms with van der Waals surface area (Å²) in [6.07, 6.45) is 5.13. The largest absolute Gasteiger partial charge is 0.350 e. The first kappa shape index (κ1) is 11.9. The number of benzene rings is 1. The van der Waals surface area contributed by atoms with Crippen molar-refractivity contribution in [3.8, 4) is 0 Å². The van der Waals surface area contributed by atoms with Crippen LogP contribution in [0.1, 0.15) is 5.56 Å². The van der Waals surface area contributed by atoms with Gasteiger partial charge in [-0.1, -0.05) is 30.3 Å². The zero-order chi connectivity index (χ0) is 11.9. The molecule has 0 unspecified atom stereocenters. The summed E-state index contributed by atoms with van der Waals surface area (Å²) in [5.74, 6) is 1.43. The maximum absolute atomic E-state index is 5.82. The van der Waals surface area contributed by atoms with Gasteiger partial charge in [-0.15, -0.1) is 11.6 Å². The number of anilines is 1. The van der Waals surface area contributed by atoms with Gasteiger partial charge in [0.25, 0.3) is 0 Å². The van der Waals surface area contributed by atoms with Gasteiger partial charge in [0.15, 0.2) is 0 Å². The average Bonchev–Trinajstić information content (AvgIpc) is 2.40. The number of halogens is 1. The predicted octanol–water partition coefficient (Wildman–Crippen LogP) is 2.72. The van der Waals surface area contributed by atoms with E-state index in [1.54, 1.807) is 18.6 Å². The van der Waals surface area contributed by atoms with Crippen molar-refractivity contribution in [3.05, 3.63) is 54.5 Å². The molecule has 88 valence electrons. The Morgan fingerprint density at radius 1 is 1.12 bits per heavy atom. The summed E-state index contributed by atoms with van der Waals surface area (Å²) in [5, 5.41) is 0. The van der Waals surface area contributed by atoms with Crippen molar-refractivity contribution in [1.29, 1.82) is 0 Å². The summed E-state index contributed by atoms with van der Waals surface area (Å²) < 4.78 is 0. The second-order valence-corrected chi connectivity index (χ2v) is 4.04. The lowest BCUT2D eigenvalue weighted by molar-refractivity contribution is 0.812. The summed E-state index contributed by atoms with van der Waals surface area (Å²) in [6.45, 7) is 1.56. The van der Waals surface area contributed by atoms with Crippen molar-refractivity contribution in [1.82, 2.24) is 9.97 Å². The molecule has 1 heterocycles. The molecule has 0 saturated heterocycles. The molecular weight excluding hydrogens is 234 g/mol. The molecule has 0 atom stereocenters. The molecule has 0 fully saturated rings. The molecule has 3 nitrogen and oxygen atoms in total. The Hall–Kier alpha value is -1.61. The Morgan fingerprint density at radius 2 is 1.94 bits per heavy atom. The first-order valence-corrected chi connectivity index (χ1v) is 6.04. The van der Waals surface area contributed by atoms with E-state index < -0.39 is 0 Å². The number of hydrogen-bond acceptors (Lipinski definition) is 3. The highest BCUT2D eigenvalue weighted by atomic mass is 35.5. The van der Waals surface area contributed by atoms with Gasteiger partial charge in [-0.25, -0.2) is 4.98 Å². The van der Waals surface area contributed by atoms with E-state index in [0.29, 0.717) is 5.88 Å². The quantitative estimate of drug-likeness (QED) is 0.761. The standard InChI is InChI=1S/C13H14ClN3/c14-6-9-17(13-10-15-7-8-16-13)11-12-4-2-1-3-5-12/h1-5,7-8,10H,6,9,11H2. The van der Waals surface area contributed by atoms with Crippen LogP contribution in [0.4, 0.5) is 5.82 Å². The third kappa shape index (κ3) is 3.43. The van der Waals surface area contributed by atoms with Crippen molar-refractivity contribution in [3.63, 3.8) is 0 Å². The topological polar surface area (TPSA) is 29.0 Å². The number of aromatic nitrogens is 2. The van der Waals surface area contributed by atoms with Crippen molar-refractivity contribution in [2.24, 2.45) is 0 Å². The lowest BCUT2D eigenvalue weighted by Crippen LogP contribution is -2.25. The van der Waals surface area contributed by atoms with Crippen molar-refractivity contribution < 1.29 is 0 Å². The van der Waals surface area contributed by atoms with E-state index in [4.69, 9.17) is 11.6 Å². The number of rotatable bonds is 5. The SMILES string of the molecule is ClCCN(Cc1ccccc1)c1cnccn1. The maximum Gasteiger partial charge on any atom is 0.147 e. The molecule has 2 aromatic rings. The molecule has 0 amide bonds. The molecule has 17 heavy (non-hydrogen) atoms. The molecular formula is C13H14ClN3. The molecule has 0 bridgehead atoms. The number of hydrogen-bond donors (Lipinski definition) is 0. The van der Waals surface area contributed by atoms with Crippen molar-refractivity contribution in [2.75, 3.05) is 17.3 Å². The normalized spacial score (nSPS) is 10.2. The van der Waals surface area contributed by atoms with Crippen LogP contribution in [0.25, 0.3) is 0 Å². The molecule has 0 saturated carbocycles. The minimum Gasteiger partial charge on any atom is -0.350 e. The van der Waals surface area contributed by atoms with Gasteiger partial charge < -0.3 is 4.90 Å². The summed E-state index contributed by atoms with van der Waals surface area (Å²) in [6, 6.07) is 10.3. The summed E-state index contributed by atoms with van der Waals surface area (Å²) >= 11 is 5.82. The fourth-order valence-electron chi connectivity index (χ4n) is 1.63. The van der Waals surface area contributed by atoms with E-state index in [0.717, 1.165) is 18.9 Å². The van der Waals surface area contributed by atoms with Gasteiger partial charge in [-0.3, -0.25) is 4.98 Å². The van der Waals surface area contributed by atoms with Crippen LogP contribution in [-0.4, -0.2) is 22.4 Å². The Morgan fingerprint density at radius 3 is 2.59 bits per heavy atom. The van der Waals surface area contributed by atoms with Gasteiger partial charge in [0.1, 0.15) is 5.82 Å². The molecule has 1 aromatic carbocycles. The van der Waals surface area contributed by atoms with Gasteiger partial charge in [-0.2, -0.15) is 0 Å². The molecule has 0 N–H and O–H groups in total. The average molecular weight is 248 g/mol. The Bertz CT molecular complexity index is 433.